The van der Waals surface area contributed by atoms with Crippen LogP contribution >= 0.6 is 0 Å². The van der Waals surface area contributed by atoms with Crippen molar-refractivity contribution in [2.45, 2.75) is 39.0 Å². The van der Waals surface area contributed by atoms with Crippen molar-refractivity contribution in [3.05, 3.63) is 23.4 Å². The SMILES string of the molecule is C[C@H](O)C#Cc1cnc2c(c1)C(=O)N([C@H](C)CO)C[C@H](C)[C@H](CN(C)C(=O)CN(C)C)O2. The Kier molecular flexibility index (Phi) is 9.01. The minimum atomic E-state index is -0.810. The first kappa shape index (κ1) is 25.6. The van der Waals surface area contributed by atoms with Crippen LogP contribution in [0.1, 0.15) is 36.7 Å². The van der Waals surface area contributed by atoms with Crippen LogP contribution in [0.3, 0.4) is 0 Å². The molecule has 4 atom stereocenters. The van der Waals surface area contributed by atoms with Crippen LogP contribution in [0.15, 0.2) is 12.3 Å². The lowest BCUT2D eigenvalue weighted by atomic mass is 10.00. The number of likely N-dealkylation sites (N-methyl/N-ethyl adjacent to an activating group) is 2. The van der Waals surface area contributed by atoms with E-state index in [9.17, 15) is 19.8 Å². The van der Waals surface area contributed by atoms with Crippen LogP contribution in [-0.2, 0) is 4.79 Å². The highest BCUT2D eigenvalue weighted by atomic mass is 16.5. The molecule has 0 aromatic carbocycles. The molecule has 9 nitrogen and oxygen atoms in total. The van der Waals surface area contributed by atoms with Crippen LogP contribution in [0.4, 0.5) is 0 Å². The maximum atomic E-state index is 13.3. The van der Waals surface area contributed by atoms with Gasteiger partial charge in [-0.25, -0.2) is 4.98 Å². The minimum absolute atomic E-state index is 0.0403. The summed E-state index contributed by atoms with van der Waals surface area (Å²) in [6.07, 6.45) is 0.273. The minimum Gasteiger partial charge on any atom is -0.472 e. The van der Waals surface area contributed by atoms with Crippen LogP contribution < -0.4 is 4.74 Å². The molecule has 2 rings (SSSR count). The summed E-state index contributed by atoms with van der Waals surface area (Å²) in [5.74, 6) is 5.13. The molecule has 2 amide bonds. The maximum absolute atomic E-state index is 13.3. The number of hydrogen-bond donors (Lipinski definition) is 2. The van der Waals surface area contributed by atoms with Gasteiger partial charge in [0.25, 0.3) is 5.91 Å². The van der Waals surface area contributed by atoms with Gasteiger partial charge in [-0.2, -0.15) is 0 Å². The monoisotopic (exact) mass is 446 g/mol. The largest absolute Gasteiger partial charge is 0.472 e. The molecule has 1 aromatic rings. The van der Waals surface area contributed by atoms with Crippen molar-refractivity contribution in [3.8, 4) is 17.7 Å². The van der Waals surface area contributed by atoms with Gasteiger partial charge < -0.3 is 29.6 Å². The lowest BCUT2D eigenvalue weighted by Gasteiger charge is -2.37. The van der Waals surface area contributed by atoms with E-state index in [1.54, 1.807) is 41.7 Å². The fourth-order valence-corrected chi connectivity index (χ4v) is 3.34. The molecule has 0 radical (unpaired) electrons. The van der Waals surface area contributed by atoms with Crippen molar-refractivity contribution < 1.29 is 24.5 Å². The Morgan fingerprint density at radius 2 is 2.06 bits per heavy atom. The van der Waals surface area contributed by atoms with E-state index in [0.29, 0.717) is 18.7 Å². The standard InChI is InChI=1S/C23H34N4O5/c1-15-11-27(16(2)14-28)23(31)19-9-18(8-7-17(3)29)10-24-22(19)32-20(15)12-26(6)21(30)13-25(4)5/h9-10,15-17,20,28-29H,11-14H2,1-6H3/t15-,16+,17-,20-/m0/s1. The number of fused-ring (bicyclic) bond motifs is 1. The Balaban J connectivity index is 2.42. The van der Waals surface area contributed by atoms with Crippen LogP contribution in [0.5, 0.6) is 5.88 Å². The molecule has 0 bridgehead atoms. The number of amides is 2. The van der Waals surface area contributed by atoms with Gasteiger partial charge in [-0.1, -0.05) is 18.8 Å². The van der Waals surface area contributed by atoms with Gasteiger partial charge in [0, 0.05) is 31.3 Å². The summed E-state index contributed by atoms with van der Waals surface area (Å²) in [7, 11) is 5.39. The van der Waals surface area contributed by atoms with E-state index in [-0.39, 0.29) is 42.3 Å². The molecule has 0 saturated heterocycles. The Morgan fingerprint density at radius 1 is 1.38 bits per heavy atom. The number of aliphatic hydroxyl groups is 2. The first-order valence-corrected chi connectivity index (χ1v) is 10.7. The normalized spacial score (nSPS) is 20.3. The quantitative estimate of drug-likeness (QED) is 0.595. The molecule has 0 aliphatic carbocycles. The molecule has 9 heteroatoms. The second kappa shape index (κ2) is 11.3. The summed E-state index contributed by atoms with van der Waals surface area (Å²) < 4.78 is 6.16. The highest BCUT2D eigenvalue weighted by molar-refractivity contribution is 5.97. The Labute approximate surface area is 190 Å². The fraction of sp³-hybridized carbons (Fsp3) is 0.609. The smallest absolute Gasteiger partial charge is 0.259 e. The third-order valence-electron chi connectivity index (χ3n) is 5.28. The molecular formula is C23H34N4O5. The fourth-order valence-electron chi connectivity index (χ4n) is 3.34. The van der Waals surface area contributed by atoms with Crippen LogP contribution in [0.25, 0.3) is 0 Å². The van der Waals surface area contributed by atoms with Gasteiger partial charge >= 0.3 is 0 Å². The van der Waals surface area contributed by atoms with E-state index in [1.165, 1.54) is 6.20 Å². The zero-order chi connectivity index (χ0) is 24.0. The number of aromatic nitrogens is 1. The lowest BCUT2D eigenvalue weighted by Crippen LogP contribution is -2.51. The number of carbonyl (C=O) groups is 2. The van der Waals surface area contributed by atoms with E-state index in [4.69, 9.17) is 4.74 Å². The molecule has 2 N–H and O–H groups in total. The molecule has 0 fully saturated rings. The van der Waals surface area contributed by atoms with Crippen molar-refractivity contribution in [2.75, 3.05) is 47.4 Å². The molecule has 1 aromatic heterocycles. The summed E-state index contributed by atoms with van der Waals surface area (Å²) in [5, 5.41) is 19.1. The van der Waals surface area contributed by atoms with Crippen molar-refractivity contribution >= 4 is 11.8 Å². The molecule has 0 spiro atoms. The Bertz CT molecular complexity index is 877. The van der Waals surface area contributed by atoms with E-state index >= 15 is 0 Å². The first-order chi connectivity index (χ1) is 15.0. The van der Waals surface area contributed by atoms with Gasteiger partial charge in [0.2, 0.25) is 11.8 Å². The lowest BCUT2D eigenvalue weighted by molar-refractivity contribution is -0.132. The van der Waals surface area contributed by atoms with Crippen LogP contribution in [-0.4, -0.2) is 107 Å². The van der Waals surface area contributed by atoms with Crippen LogP contribution in [0.2, 0.25) is 0 Å². The topological polar surface area (TPSA) is 106 Å². The number of hydrogen-bond acceptors (Lipinski definition) is 7. The second-order valence-electron chi connectivity index (χ2n) is 8.66. The van der Waals surface area contributed by atoms with E-state index in [1.807, 2.05) is 21.0 Å². The van der Waals surface area contributed by atoms with Gasteiger partial charge in [0.1, 0.15) is 17.8 Å². The number of pyridine rings is 1. The molecule has 2 heterocycles. The van der Waals surface area contributed by atoms with Gasteiger partial charge in [0.05, 0.1) is 25.7 Å². The average Bonchev–Trinajstić information content (AvgIpc) is 2.73. The van der Waals surface area contributed by atoms with Gasteiger partial charge in [-0.15, -0.1) is 0 Å². The molecule has 1 aliphatic rings. The summed E-state index contributed by atoms with van der Waals surface area (Å²) in [6, 6.07) is 1.18. The van der Waals surface area contributed by atoms with Crippen molar-refractivity contribution in [1.82, 2.24) is 19.7 Å². The first-order valence-electron chi connectivity index (χ1n) is 10.7. The Hall–Kier alpha value is -2.67. The molecule has 176 valence electrons. The third kappa shape index (κ3) is 6.66. The van der Waals surface area contributed by atoms with Gasteiger partial charge in [-0.05, 0) is 34.0 Å². The van der Waals surface area contributed by atoms with Crippen molar-refractivity contribution in [1.29, 1.82) is 0 Å². The summed E-state index contributed by atoms with van der Waals surface area (Å²) in [6.45, 7) is 6.05. The highest BCUT2D eigenvalue weighted by Crippen LogP contribution is 2.27. The predicted octanol–water partition coefficient (Wildman–Crippen LogP) is 0.0540. The molecule has 32 heavy (non-hydrogen) atoms. The highest BCUT2D eigenvalue weighted by Gasteiger charge is 2.34. The molecular weight excluding hydrogens is 412 g/mol. The van der Waals surface area contributed by atoms with E-state index < -0.39 is 18.2 Å². The summed E-state index contributed by atoms with van der Waals surface area (Å²) in [4.78, 5) is 35.1. The molecule has 0 saturated carbocycles. The van der Waals surface area contributed by atoms with Crippen molar-refractivity contribution in [2.24, 2.45) is 5.92 Å². The zero-order valence-corrected chi connectivity index (χ0v) is 19.7. The molecule has 0 unspecified atom stereocenters. The second-order valence-corrected chi connectivity index (χ2v) is 8.66. The maximum Gasteiger partial charge on any atom is 0.259 e. The summed E-state index contributed by atoms with van der Waals surface area (Å²) in [5.41, 5.74) is 0.712. The third-order valence-corrected chi connectivity index (χ3v) is 5.28. The number of nitrogens with zero attached hydrogens (tertiary/aromatic N) is 4. The van der Waals surface area contributed by atoms with Crippen LogP contribution in [0, 0.1) is 17.8 Å². The number of rotatable bonds is 6. The number of ether oxygens (including phenoxy) is 1. The van der Waals surface area contributed by atoms with E-state index in [2.05, 4.69) is 16.8 Å². The Morgan fingerprint density at radius 3 is 2.66 bits per heavy atom. The molecule has 1 aliphatic heterocycles. The van der Waals surface area contributed by atoms with Gasteiger partial charge in [0.15, 0.2) is 0 Å². The average molecular weight is 447 g/mol. The zero-order valence-electron chi connectivity index (χ0n) is 19.7. The number of carbonyl (C=O) groups excluding carboxylic acids is 2. The van der Waals surface area contributed by atoms with E-state index in [0.717, 1.165) is 0 Å². The van der Waals surface area contributed by atoms with Crippen molar-refractivity contribution in [3.63, 3.8) is 0 Å². The van der Waals surface area contributed by atoms with Gasteiger partial charge in [-0.3, -0.25) is 9.59 Å². The number of aliphatic hydroxyl groups excluding tert-OH is 2. The summed E-state index contributed by atoms with van der Waals surface area (Å²) >= 11 is 0. The predicted molar refractivity (Wildman–Crippen MR) is 120 cm³/mol.